The minimum atomic E-state index is -0.467. The summed E-state index contributed by atoms with van der Waals surface area (Å²) in [4.78, 5) is 3.78. The van der Waals surface area contributed by atoms with Gasteiger partial charge < -0.3 is 24.4 Å². The summed E-state index contributed by atoms with van der Waals surface area (Å²) in [5.41, 5.74) is 2.56. The van der Waals surface area contributed by atoms with E-state index in [2.05, 4.69) is 43.9 Å². The summed E-state index contributed by atoms with van der Waals surface area (Å²) in [7, 11) is 1.72. The molecule has 0 aliphatic carbocycles. The molecule has 1 aliphatic heterocycles. The first kappa shape index (κ1) is 21.5. The van der Waals surface area contributed by atoms with Crippen LogP contribution in [0.2, 0.25) is 0 Å². The first-order valence-electron chi connectivity index (χ1n) is 10.5. The van der Waals surface area contributed by atoms with Gasteiger partial charge in [-0.15, -0.1) is 0 Å². The van der Waals surface area contributed by atoms with Gasteiger partial charge in [0.25, 0.3) is 0 Å². The molecule has 0 bridgehead atoms. The molecule has 29 heavy (non-hydrogen) atoms. The quantitative estimate of drug-likeness (QED) is 0.749. The van der Waals surface area contributed by atoms with Crippen LogP contribution >= 0.6 is 0 Å². The molecule has 5 nitrogen and oxygen atoms in total. The average molecular weight is 400 g/mol. The van der Waals surface area contributed by atoms with E-state index in [-0.39, 0.29) is 5.41 Å². The van der Waals surface area contributed by atoms with Crippen molar-refractivity contribution in [3.05, 3.63) is 54.1 Å². The van der Waals surface area contributed by atoms with Crippen LogP contribution in [0.1, 0.15) is 26.3 Å². The second-order valence-electron chi connectivity index (χ2n) is 8.85. The summed E-state index contributed by atoms with van der Waals surface area (Å²) in [6, 6.07) is 16.3. The fourth-order valence-corrected chi connectivity index (χ4v) is 3.79. The Hall–Kier alpha value is -2.24. The number of rotatable bonds is 7. The zero-order valence-corrected chi connectivity index (χ0v) is 18.1. The zero-order chi connectivity index (χ0) is 20.9. The van der Waals surface area contributed by atoms with E-state index in [1.165, 1.54) is 10.5 Å². The number of nitrogens with zero attached hydrogens (tertiary/aromatic N) is 1. The lowest BCUT2D eigenvalue weighted by Gasteiger charge is -2.35. The molecule has 158 valence electrons. The first-order chi connectivity index (χ1) is 13.9. The third kappa shape index (κ3) is 5.87. The predicted molar refractivity (Wildman–Crippen MR) is 117 cm³/mol. The molecular weight excluding hydrogens is 364 g/mol. The number of nitrogens with one attached hydrogen (secondary N) is 1. The number of benzene rings is 2. The number of quaternary nitrogens is 1. The van der Waals surface area contributed by atoms with Crippen molar-refractivity contribution < 1.29 is 19.5 Å². The second kappa shape index (κ2) is 9.51. The first-order valence-corrected chi connectivity index (χ1v) is 10.5. The van der Waals surface area contributed by atoms with Crippen LogP contribution in [0, 0.1) is 0 Å². The number of para-hydroxylation sites is 2. The molecule has 2 aromatic carbocycles. The SMILES string of the molecule is COc1ccccc1N1CC[NH+](C[C@@H](O)COc2ccc(C(C)(C)C)cc2)CC1. The van der Waals surface area contributed by atoms with Crippen molar-refractivity contribution in [2.75, 3.05) is 51.3 Å². The van der Waals surface area contributed by atoms with Gasteiger partial charge in [-0.2, -0.15) is 0 Å². The highest BCUT2D eigenvalue weighted by molar-refractivity contribution is 5.58. The topological polar surface area (TPSA) is 46.4 Å². The lowest BCUT2D eigenvalue weighted by Crippen LogP contribution is -3.16. The number of methoxy groups -OCH3 is 1. The Morgan fingerprint density at radius 2 is 1.69 bits per heavy atom. The van der Waals surface area contributed by atoms with Crippen molar-refractivity contribution in [1.29, 1.82) is 0 Å². The Kier molecular flexibility index (Phi) is 7.04. The monoisotopic (exact) mass is 399 g/mol. The Bertz CT molecular complexity index is 762. The number of hydrogen-bond donors (Lipinski definition) is 2. The number of anilines is 1. The maximum Gasteiger partial charge on any atom is 0.142 e. The van der Waals surface area contributed by atoms with Crippen LogP contribution in [0.25, 0.3) is 0 Å². The van der Waals surface area contributed by atoms with Gasteiger partial charge in [0.1, 0.15) is 30.8 Å². The van der Waals surface area contributed by atoms with Crippen molar-refractivity contribution >= 4 is 5.69 Å². The molecule has 2 aromatic rings. The molecule has 0 aromatic heterocycles. The summed E-state index contributed by atoms with van der Waals surface area (Å²) < 4.78 is 11.3. The van der Waals surface area contributed by atoms with Crippen LogP contribution in [0.15, 0.2) is 48.5 Å². The van der Waals surface area contributed by atoms with Gasteiger partial charge in [0.2, 0.25) is 0 Å². The molecule has 0 amide bonds. The van der Waals surface area contributed by atoms with Gasteiger partial charge in [-0.1, -0.05) is 45.0 Å². The van der Waals surface area contributed by atoms with E-state index in [0.717, 1.165) is 43.4 Å². The van der Waals surface area contributed by atoms with Crippen LogP contribution in [0.5, 0.6) is 11.5 Å². The molecule has 3 rings (SSSR count). The Morgan fingerprint density at radius 3 is 2.31 bits per heavy atom. The van der Waals surface area contributed by atoms with Crippen molar-refractivity contribution in [3.8, 4) is 11.5 Å². The van der Waals surface area contributed by atoms with E-state index >= 15 is 0 Å². The van der Waals surface area contributed by atoms with Crippen molar-refractivity contribution in [3.63, 3.8) is 0 Å². The van der Waals surface area contributed by atoms with E-state index in [4.69, 9.17) is 9.47 Å². The van der Waals surface area contributed by atoms with Crippen LogP contribution < -0.4 is 19.3 Å². The van der Waals surface area contributed by atoms with Gasteiger partial charge in [0.05, 0.1) is 39.0 Å². The smallest absolute Gasteiger partial charge is 0.142 e. The van der Waals surface area contributed by atoms with Crippen LogP contribution in [0.3, 0.4) is 0 Å². The van der Waals surface area contributed by atoms with Crippen molar-refractivity contribution in [1.82, 2.24) is 0 Å². The fraction of sp³-hybridized carbons (Fsp3) is 0.500. The van der Waals surface area contributed by atoms with Crippen molar-refractivity contribution in [2.24, 2.45) is 0 Å². The van der Waals surface area contributed by atoms with Crippen LogP contribution in [-0.2, 0) is 5.41 Å². The lowest BCUT2D eigenvalue weighted by atomic mass is 9.87. The molecule has 1 aliphatic rings. The molecule has 0 saturated carbocycles. The molecular formula is C24H35N2O3+. The number of piperazine rings is 1. The number of aliphatic hydroxyl groups is 1. The molecule has 1 atom stereocenters. The minimum absolute atomic E-state index is 0.132. The highest BCUT2D eigenvalue weighted by Gasteiger charge is 2.24. The largest absolute Gasteiger partial charge is 0.495 e. The summed E-state index contributed by atoms with van der Waals surface area (Å²) in [5, 5.41) is 10.4. The average Bonchev–Trinajstić information content (AvgIpc) is 2.72. The molecule has 1 saturated heterocycles. The zero-order valence-electron chi connectivity index (χ0n) is 18.1. The Morgan fingerprint density at radius 1 is 1.03 bits per heavy atom. The second-order valence-corrected chi connectivity index (χ2v) is 8.85. The molecule has 5 heteroatoms. The highest BCUT2D eigenvalue weighted by atomic mass is 16.5. The van der Waals surface area contributed by atoms with Crippen LogP contribution in [0.4, 0.5) is 5.69 Å². The molecule has 0 radical (unpaired) electrons. The Labute approximate surface area is 174 Å². The summed E-state index contributed by atoms with van der Waals surface area (Å²) in [5.74, 6) is 1.73. The fourth-order valence-electron chi connectivity index (χ4n) is 3.79. The van der Waals surface area contributed by atoms with Gasteiger partial charge in [-0.3, -0.25) is 0 Å². The van der Waals surface area contributed by atoms with Gasteiger partial charge >= 0.3 is 0 Å². The third-order valence-electron chi connectivity index (χ3n) is 5.58. The number of ether oxygens (including phenoxy) is 2. The lowest BCUT2D eigenvalue weighted by molar-refractivity contribution is -0.903. The van der Waals surface area contributed by atoms with E-state index in [1.54, 1.807) is 7.11 Å². The predicted octanol–water partition coefficient (Wildman–Crippen LogP) is 2.14. The van der Waals surface area contributed by atoms with Crippen LogP contribution in [-0.4, -0.2) is 57.7 Å². The molecule has 0 spiro atoms. The number of aliphatic hydroxyl groups excluding tert-OH is 1. The van der Waals surface area contributed by atoms with Gasteiger partial charge in [-0.25, -0.2) is 0 Å². The summed E-state index contributed by atoms with van der Waals surface area (Å²) >= 11 is 0. The highest BCUT2D eigenvalue weighted by Crippen LogP contribution is 2.27. The molecule has 0 unspecified atom stereocenters. The number of hydrogen-bond acceptors (Lipinski definition) is 4. The van der Waals surface area contributed by atoms with E-state index in [1.807, 2.05) is 30.3 Å². The van der Waals surface area contributed by atoms with Gasteiger partial charge in [0.15, 0.2) is 0 Å². The molecule has 1 fully saturated rings. The van der Waals surface area contributed by atoms with Gasteiger partial charge in [0, 0.05) is 0 Å². The van der Waals surface area contributed by atoms with E-state index in [9.17, 15) is 5.11 Å². The molecule has 1 heterocycles. The normalized spacial score (nSPS) is 16.5. The van der Waals surface area contributed by atoms with Crippen molar-refractivity contribution in [2.45, 2.75) is 32.3 Å². The maximum atomic E-state index is 10.4. The van der Waals surface area contributed by atoms with E-state index in [0.29, 0.717) is 13.2 Å². The standard InChI is InChI=1S/C24H34N2O3/c1-24(2,3)19-9-11-21(12-10-19)29-18-20(27)17-25-13-15-26(16-14-25)22-7-5-6-8-23(22)28-4/h5-12,20,27H,13-18H2,1-4H3/p+1/t20-/m1/s1. The maximum absolute atomic E-state index is 10.4. The minimum Gasteiger partial charge on any atom is -0.495 e. The van der Waals surface area contributed by atoms with E-state index < -0.39 is 6.10 Å². The summed E-state index contributed by atoms with van der Waals surface area (Å²) in [6.45, 7) is 11.5. The summed E-state index contributed by atoms with van der Waals surface area (Å²) in [6.07, 6.45) is -0.467. The van der Waals surface area contributed by atoms with Gasteiger partial charge in [-0.05, 0) is 35.2 Å². The third-order valence-corrected chi connectivity index (χ3v) is 5.58. The Balaban J connectivity index is 1.43. The molecule has 2 N–H and O–H groups in total.